The van der Waals surface area contributed by atoms with Crippen molar-refractivity contribution < 1.29 is 14.3 Å². The van der Waals surface area contributed by atoms with E-state index in [1.807, 2.05) is 18.2 Å². The van der Waals surface area contributed by atoms with Crippen LogP contribution >= 0.6 is 0 Å². The highest BCUT2D eigenvalue weighted by molar-refractivity contribution is 5.79. The summed E-state index contributed by atoms with van der Waals surface area (Å²) in [6, 6.07) is 9.32. The molecule has 1 aromatic carbocycles. The van der Waals surface area contributed by atoms with Crippen molar-refractivity contribution >= 4 is 5.96 Å². The minimum absolute atomic E-state index is 0.166. The Hall–Kier alpha value is -2.67. The first kappa shape index (κ1) is 20.1. The zero-order chi connectivity index (χ0) is 19.8. The molecular formula is C21H30N4O3. The van der Waals surface area contributed by atoms with E-state index in [1.54, 1.807) is 32.6 Å². The van der Waals surface area contributed by atoms with Gasteiger partial charge in [-0.1, -0.05) is 6.42 Å². The maximum Gasteiger partial charge on any atom is 0.191 e. The molecule has 0 saturated carbocycles. The summed E-state index contributed by atoms with van der Waals surface area (Å²) in [5.74, 6) is 2.58. The highest BCUT2D eigenvalue weighted by Gasteiger charge is 2.24. The van der Waals surface area contributed by atoms with E-state index in [9.17, 15) is 5.11 Å². The number of aliphatic imine (C=N–C) groups is 1. The average molecular weight is 386 g/mol. The molecule has 0 amide bonds. The first-order valence-electron chi connectivity index (χ1n) is 9.79. The predicted octanol–water partition coefficient (Wildman–Crippen LogP) is 2.89. The second kappa shape index (κ2) is 10.0. The van der Waals surface area contributed by atoms with Crippen molar-refractivity contribution in [3.8, 4) is 11.5 Å². The van der Waals surface area contributed by atoms with Crippen molar-refractivity contribution in [1.29, 1.82) is 0 Å². The molecule has 1 aromatic heterocycles. The van der Waals surface area contributed by atoms with Crippen LogP contribution < -0.4 is 15.4 Å². The smallest absolute Gasteiger partial charge is 0.191 e. The highest BCUT2D eigenvalue weighted by atomic mass is 16.5. The van der Waals surface area contributed by atoms with E-state index in [1.165, 1.54) is 19.3 Å². The zero-order valence-electron chi connectivity index (χ0n) is 16.6. The molecule has 0 spiro atoms. The SMILES string of the molecule is CN=C(NCc1cc(OC)ccc1O)NCC(c1ccco1)N1CCCCC1. The quantitative estimate of drug-likeness (QED) is 0.501. The van der Waals surface area contributed by atoms with Crippen LogP contribution in [-0.2, 0) is 6.54 Å². The summed E-state index contributed by atoms with van der Waals surface area (Å²) >= 11 is 0. The second-order valence-electron chi connectivity index (χ2n) is 6.93. The van der Waals surface area contributed by atoms with Crippen LogP contribution in [0.15, 0.2) is 46.0 Å². The van der Waals surface area contributed by atoms with Crippen LogP contribution in [0.3, 0.4) is 0 Å². The molecule has 0 radical (unpaired) electrons. The number of hydrogen-bond acceptors (Lipinski definition) is 5. The monoisotopic (exact) mass is 386 g/mol. The Morgan fingerprint density at radius 3 is 2.75 bits per heavy atom. The fourth-order valence-electron chi connectivity index (χ4n) is 3.54. The van der Waals surface area contributed by atoms with Gasteiger partial charge in [-0.2, -0.15) is 0 Å². The standard InChI is InChI=1S/C21H30N4O3/c1-22-21(23-14-16-13-17(27-2)8-9-19(16)26)24-15-18(20-7-6-12-28-20)25-10-4-3-5-11-25/h6-9,12-13,18,26H,3-5,10-11,14-15H2,1-2H3,(H2,22,23,24). The summed E-state index contributed by atoms with van der Waals surface area (Å²) in [6.45, 7) is 3.29. The molecule has 28 heavy (non-hydrogen) atoms. The molecule has 7 heteroatoms. The molecule has 3 rings (SSSR count). The van der Waals surface area contributed by atoms with Crippen LogP contribution in [0.4, 0.5) is 0 Å². The number of methoxy groups -OCH3 is 1. The largest absolute Gasteiger partial charge is 0.508 e. The number of ether oxygens (including phenoxy) is 1. The summed E-state index contributed by atoms with van der Waals surface area (Å²) in [5.41, 5.74) is 0.751. The van der Waals surface area contributed by atoms with Crippen LogP contribution in [0.1, 0.15) is 36.6 Å². The van der Waals surface area contributed by atoms with Crippen LogP contribution in [0.5, 0.6) is 11.5 Å². The van der Waals surface area contributed by atoms with Gasteiger partial charge in [-0.05, 0) is 56.3 Å². The number of aromatic hydroxyl groups is 1. The minimum atomic E-state index is 0.166. The maximum atomic E-state index is 10.1. The molecular weight excluding hydrogens is 356 g/mol. The topological polar surface area (TPSA) is 82.3 Å². The van der Waals surface area contributed by atoms with Gasteiger partial charge >= 0.3 is 0 Å². The van der Waals surface area contributed by atoms with E-state index in [0.717, 1.165) is 24.4 Å². The summed E-state index contributed by atoms with van der Waals surface area (Å²) in [5, 5.41) is 16.7. The first-order valence-corrected chi connectivity index (χ1v) is 9.79. The summed E-state index contributed by atoms with van der Waals surface area (Å²) < 4.78 is 10.9. The normalized spacial score (nSPS) is 16.6. The van der Waals surface area contributed by atoms with Gasteiger partial charge in [0.25, 0.3) is 0 Å². The lowest BCUT2D eigenvalue weighted by Gasteiger charge is -2.33. The molecule has 2 heterocycles. The molecule has 0 bridgehead atoms. The Balaban J connectivity index is 1.60. The lowest BCUT2D eigenvalue weighted by Crippen LogP contribution is -2.44. The van der Waals surface area contributed by atoms with Crippen molar-refractivity contribution in [2.24, 2.45) is 4.99 Å². The molecule has 1 atom stereocenters. The number of piperidine rings is 1. The number of guanidine groups is 1. The summed E-state index contributed by atoms with van der Waals surface area (Å²) in [6.07, 6.45) is 5.46. The van der Waals surface area contributed by atoms with E-state index in [4.69, 9.17) is 9.15 Å². The first-order chi connectivity index (χ1) is 13.7. The second-order valence-corrected chi connectivity index (χ2v) is 6.93. The Bertz CT molecular complexity index is 755. The maximum absolute atomic E-state index is 10.1. The molecule has 1 aliphatic rings. The van der Waals surface area contributed by atoms with E-state index in [0.29, 0.717) is 24.8 Å². The van der Waals surface area contributed by atoms with Gasteiger partial charge in [-0.15, -0.1) is 0 Å². The van der Waals surface area contributed by atoms with Gasteiger partial charge in [0.1, 0.15) is 17.3 Å². The van der Waals surface area contributed by atoms with Crippen molar-refractivity contribution in [2.75, 3.05) is 33.8 Å². The number of nitrogens with one attached hydrogen (secondary N) is 2. The van der Waals surface area contributed by atoms with Crippen LogP contribution in [0.25, 0.3) is 0 Å². The van der Waals surface area contributed by atoms with Gasteiger partial charge in [-0.25, -0.2) is 0 Å². The van der Waals surface area contributed by atoms with Crippen LogP contribution in [0.2, 0.25) is 0 Å². The molecule has 7 nitrogen and oxygen atoms in total. The van der Waals surface area contributed by atoms with E-state index < -0.39 is 0 Å². The Morgan fingerprint density at radius 2 is 2.07 bits per heavy atom. The highest BCUT2D eigenvalue weighted by Crippen LogP contribution is 2.25. The third-order valence-corrected chi connectivity index (χ3v) is 5.12. The van der Waals surface area contributed by atoms with Gasteiger partial charge in [0.2, 0.25) is 0 Å². The van der Waals surface area contributed by atoms with Crippen molar-refractivity contribution in [3.05, 3.63) is 47.9 Å². The third kappa shape index (κ3) is 5.19. The number of phenols is 1. The molecule has 3 N–H and O–H groups in total. The number of nitrogens with zero attached hydrogens (tertiary/aromatic N) is 2. The molecule has 1 fully saturated rings. The van der Waals surface area contributed by atoms with Crippen LogP contribution in [0, 0.1) is 0 Å². The summed E-state index contributed by atoms with van der Waals surface area (Å²) in [7, 11) is 3.35. The number of rotatable bonds is 7. The summed E-state index contributed by atoms with van der Waals surface area (Å²) in [4.78, 5) is 6.77. The van der Waals surface area contributed by atoms with E-state index >= 15 is 0 Å². The third-order valence-electron chi connectivity index (χ3n) is 5.12. The fraction of sp³-hybridized carbons (Fsp3) is 0.476. The van der Waals surface area contributed by atoms with Crippen molar-refractivity contribution in [2.45, 2.75) is 31.8 Å². The fourth-order valence-corrected chi connectivity index (χ4v) is 3.54. The number of phenolic OH excluding ortho intramolecular Hbond substituents is 1. The Morgan fingerprint density at radius 1 is 1.25 bits per heavy atom. The molecule has 152 valence electrons. The van der Waals surface area contributed by atoms with Gasteiger partial charge in [0.05, 0.1) is 19.4 Å². The lowest BCUT2D eigenvalue weighted by atomic mass is 10.1. The molecule has 1 saturated heterocycles. The number of furan rings is 1. The predicted molar refractivity (Wildman–Crippen MR) is 110 cm³/mol. The van der Waals surface area contributed by atoms with Gasteiger partial charge in [-0.3, -0.25) is 9.89 Å². The van der Waals surface area contributed by atoms with Gasteiger partial charge in [0, 0.05) is 25.7 Å². The molecule has 1 aliphatic heterocycles. The number of likely N-dealkylation sites (tertiary alicyclic amines) is 1. The van der Waals surface area contributed by atoms with Gasteiger partial charge in [0.15, 0.2) is 5.96 Å². The molecule has 2 aromatic rings. The minimum Gasteiger partial charge on any atom is -0.508 e. The molecule has 0 aliphatic carbocycles. The lowest BCUT2D eigenvalue weighted by molar-refractivity contribution is 0.146. The average Bonchev–Trinajstić information content (AvgIpc) is 3.27. The zero-order valence-corrected chi connectivity index (χ0v) is 16.6. The Labute approximate surface area is 166 Å². The molecule has 1 unspecified atom stereocenters. The van der Waals surface area contributed by atoms with Crippen LogP contribution in [-0.4, -0.2) is 49.8 Å². The van der Waals surface area contributed by atoms with Crippen molar-refractivity contribution in [3.63, 3.8) is 0 Å². The Kier molecular flexibility index (Phi) is 7.19. The van der Waals surface area contributed by atoms with Gasteiger partial charge < -0.3 is 24.9 Å². The van der Waals surface area contributed by atoms with Crippen molar-refractivity contribution in [1.82, 2.24) is 15.5 Å². The van der Waals surface area contributed by atoms with E-state index in [2.05, 4.69) is 20.5 Å². The number of benzene rings is 1. The van der Waals surface area contributed by atoms with E-state index in [-0.39, 0.29) is 11.8 Å². The number of hydrogen-bond donors (Lipinski definition) is 3.